The number of fused-ring (bicyclic) bond motifs is 1. The van der Waals surface area contributed by atoms with Crippen LogP contribution in [0.2, 0.25) is 0 Å². The second-order valence-corrected chi connectivity index (χ2v) is 5.33. The zero-order chi connectivity index (χ0) is 16.3. The van der Waals surface area contributed by atoms with E-state index in [2.05, 4.69) is 0 Å². The third-order valence-corrected chi connectivity index (χ3v) is 3.27. The number of benzene rings is 1. The van der Waals surface area contributed by atoms with Crippen LogP contribution in [0.1, 0.15) is 12.7 Å². The van der Waals surface area contributed by atoms with Crippen molar-refractivity contribution in [3.05, 3.63) is 34.4 Å². The molecular formula is C15H15ClO6. The molecule has 22 heavy (non-hydrogen) atoms. The number of hydrogen-bond donors (Lipinski definition) is 1. The number of rotatable bonds is 5. The molecule has 6 nitrogen and oxygen atoms in total. The molecule has 1 heterocycles. The van der Waals surface area contributed by atoms with Crippen molar-refractivity contribution in [1.82, 2.24) is 0 Å². The summed E-state index contributed by atoms with van der Waals surface area (Å²) in [6.07, 6.45) is 0.206. The molecule has 2 rings (SSSR count). The number of esters is 1. The molecule has 1 atom stereocenters. The highest BCUT2D eigenvalue weighted by Crippen LogP contribution is 2.28. The number of carbonyl (C=O) groups is 1. The lowest BCUT2D eigenvalue weighted by Gasteiger charge is -2.10. The van der Waals surface area contributed by atoms with E-state index in [1.165, 1.54) is 20.1 Å². The van der Waals surface area contributed by atoms with Crippen molar-refractivity contribution in [3.8, 4) is 11.5 Å². The topological polar surface area (TPSA) is 86.0 Å². The lowest BCUT2D eigenvalue weighted by molar-refractivity contribution is -0.140. The summed E-state index contributed by atoms with van der Waals surface area (Å²) in [5.41, 5.74) is -0.663. The maximum Gasteiger partial charge on any atom is 0.347 e. The molecule has 1 N–H and O–H groups in total. The maximum absolute atomic E-state index is 12.0. The van der Waals surface area contributed by atoms with Crippen LogP contribution in [0.5, 0.6) is 11.5 Å². The SMILES string of the molecule is COc1cc(O)c2c(=O)oc(C[C@@H](Cl)COC(C)=O)cc2c1. The van der Waals surface area contributed by atoms with Gasteiger partial charge in [0.25, 0.3) is 0 Å². The Balaban J connectivity index is 2.32. The standard InChI is InChI=1S/C15H15ClO6/c1-8(17)21-7-10(16)5-12-4-9-3-11(20-2)6-13(18)14(9)15(19)22-12/h3-4,6,10,18H,5,7H2,1-2H3/t10-/m1/s1. The average molecular weight is 327 g/mol. The van der Waals surface area contributed by atoms with Gasteiger partial charge in [0.1, 0.15) is 29.3 Å². The Morgan fingerprint density at radius 1 is 1.41 bits per heavy atom. The number of alkyl halides is 1. The molecule has 0 spiro atoms. The van der Waals surface area contributed by atoms with Crippen LogP contribution < -0.4 is 10.4 Å². The van der Waals surface area contributed by atoms with Crippen LogP contribution in [0.15, 0.2) is 27.4 Å². The Hall–Kier alpha value is -2.21. The van der Waals surface area contributed by atoms with Gasteiger partial charge in [-0.25, -0.2) is 4.79 Å². The molecule has 2 aromatic rings. The summed E-state index contributed by atoms with van der Waals surface area (Å²) in [5.74, 6) is 0.110. The fourth-order valence-electron chi connectivity index (χ4n) is 2.03. The molecule has 118 valence electrons. The predicted octanol–water partition coefficient (Wildman–Crippen LogP) is 2.22. The zero-order valence-electron chi connectivity index (χ0n) is 12.1. The number of halogens is 1. The predicted molar refractivity (Wildman–Crippen MR) is 80.7 cm³/mol. The van der Waals surface area contributed by atoms with Gasteiger partial charge in [0.15, 0.2) is 0 Å². The molecule has 0 aliphatic rings. The van der Waals surface area contributed by atoms with Crippen LogP contribution in [-0.2, 0) is 16.0 Å². The highest BCUT2D eigenvalue weighted by Gasteiger charge is 2.14. The number of hydrogen-bond acceptors (Lipinski definition) is 6. The number of aromatic hydroxyl groups is 1. The van der Waals surface area contributed by atoms with Gasteiger partial charge in [0.2, 0.25) is 0 Å². The summed E-state index contributed by atoms with van der Waals surface area (Å²) in [6, 6.07) is 4.55. The molecule has 0 aliphatic carbocycles. The van der Waals surface area contributed by atoms with Gasteiger partial charge in [0.05, 0.1) is 12.5 Å². The number of methoxy groups -OCH3 is 1. The largest absolute Gasteiger partial charge is 0.507 e. The third-order valence-electron chi connectivity index (χ3n) is 2.99. The van der Waals surface area contributed by atoms with Gasteiger partial charge in [-0.15, -0.1) is 11.6 Å². The summed E-state index contributed by atoms with van der Waals surface area (Å²) < 4.78 is 15.0. The van der Waals surface area contributed by atoms with Crippen molar-refractivity contribution >= 4 is 28.3 Å². The smallest absolute Gasteiger partial charge is 0.347 e. The first-order valence-electron chi connectivity index (χ1n) is 6.52. The Labute approximate surface area is 131 Å². The van der Waals surface area contributed by atoms with Gasteiger partial charge in [0, 0.05) is 19.4 Å². The van der Waals surface area contributed by atoms with E-state index in [1.807, 2.05) is 0 Å². The van der Waals surface area contributed by atoms with Crippen LogP contribution in [0.3, 0.4) is 0 Å². The Morgan fingerprint density at radius 3 is 2.77 bits per heavy atom. The van der Waals surface area contributed by atoms with E-state index < -0.39 is 17.0 Å². The molecule has 0 bridgehead atoms. The quantitative estimate of drug-likeness (QED) is 0.669. The van der Waals surface area contributed by atoms with E-state index >= 15 is 0 Å². The summed E-state index contributed by atoms with van der Waals surface area (Å²) in [4.78, 5) is 22.7. The summed E-state index contributed by atoms with van der Waals surface area (Å²) in [5, 5.41) is 9.90. The summed E-state index contributed by atoms with van der Waals surface area (Å²) in [7, 11) is 1.46. The first-order valence-corrected chi connectivity index (χ1v) is 6.95. The van der Waals surface area contributed by atoms with E-state index in [9.17, 15) is 14.7 Å². The Morgan fingerprint density at radius 2 is 2.14 bits per heavy atom. The normalized spacial score (nSPS) is 12.1. The van der Waals surface area contributed by atoms with Crippen molar-refractivity contribution in [2.24, 2.45) is 0 Å². The minimum absolute atomic E-state index is 0.0159. The lowest BCUT2D eigenvalue weighted by atomic mass is 10.1. The second kappa shape index (κ2) is 6.70. The highest BCUT2D eigenvalue weighted by molar-refractivity contribution is 6.20. The average Bonchev–Trinajstić information content (AvgIpc) is 2.44. The molecule has 7 heteroatoms. The minimum Gasteiger partial charge on any atom is -0.507 e. The number of phenols is 1. The van der Waals surface area contributed by atoms with Gasteiger partial charge in [-0.05, 0) is 17.5 Å². The second-order valence-electron chi connectivity index (χ2n) is 4.71. The highest BCUT2D eigenvalue weighted by atomic mass is 35.5. The molecular weight excluding hydrogens is 312 g/mol. The molecule has 0 unspecified atom stereocenters. The van der Waals surface area contributed by atoms with E-state index in [4.69, 9.17) is 25.5 Å². The van der Waals surface area contributed by atoms with Crippen LogP contribution in [-0.4, -0.2) is 30.2 Å². The molecule has 0 radical (unpaired) electrons. The number of phenolic OH excluding ortho intramolecular Hbond substituents is 1. The van der Waals surface area contributed by atoms with Crippen LogP contribution in [0.4, 0.5) is 0 Å². The molecule has 0 amide bonds. The molecule has 1 aromatic heterocycles. The van der Waals surface area contributed by atoms with Gasteiger partial charge in [-0.2, -0.15) is 0 Å². The fourth-order valence-corrected chi connectivity index (χ4v) is 2.25. The first-order chi connectivity index (χ1) is 10.4. The van der Waals surface area contributed by atoms with Crippen LogP contribution >= 0.6 is 11.6 Å². The van der Waals surface area contributed by atoms with Crippen molar-refractivity contribution in [2.45, 2.75) is 18.7 Å². The zero-order valence-corrected chi connectivity index (χ0v) is 12.8. The van der Waals surface area contributed by atoms with Crippen molar-refractivity contribution in [3.63, 3.8) is 0 Å². The van der Waals surface area contributed by atoms with E-state index in [1.54, 1.807) is 12.1 Å². The van der Waals surface area contributed by atoms with E-state index in [0.717, 1.165) is 0 Å². The molecule has 0 saturated heterocycles. The number of ether oxygens (including phenoxy) is 2. The molecule has 0 fully saturated rings. The maximum atomic E-state index is 12.0. The third kappa shape index (κ3) is 3.71. The number of carbonyl (C=O) groups excluding carboxylic acids is 1. The minimum atomic E-state index is -0.663. The van der Waals surface area contributed by atoms with Gasteiger partial charge in [-0.1, -0.05) is 0 Å². The van der Waals surface area contributed by atoms with Gasteiger partial charge >= 0.3 is 11.6 Å². The van der Waals surface area contributed by atoms with Crippen molar-refractivity contribution in [2.75, 3.05) is 13.7 Å². The summed E-state index contributed by atoms with van der Waals surface area (Å²) in [6.45, 7) is 1.30. The van der Waals surface area contributed by atoms with Crippen LogP contribution in [0, 0.1) is 0 Å². The monoisotopic (exact) mass is 326 g/mol. The lowest BCUT2D eigenvalue weighted by Crippen LogP contribution is -2.15. The molecule has 0 aliphatic heterocycles. The fraction of sp³-hybridized carbons (Fsp3) is 0.333. The van der Waals surface area contributed by atoms with Crippen molar-refractivity contribution < 1.29 is 23.8 Å². The first kappa shape index (κ1) is 16.2. The van der Waals surface area contributed by atoms with E-state index in [-0.39, 0.29) is 24.2 Å². The van der Waals surface area contributed by atoms with Gasteiger partial charge in [-0.3, -0.25) is 4.79 Å². The molecule has 0 saturated carbocycles. The van der Waals surface area contributed by atoms with Crippen molar-refractivity contribution in [1.29, 1.82) is 0 Å². The summed E-state index contributed by atoms with van der Waals surface area (Å²) >= 11 is 6.04. The Kier molecular flexibility index (Phi) is 4.92. The molecule has 1 aromatic carbocycles. The van der Waals surface area contributed by atoms with Gasteiger partial charge < -0.3 is 19.0 Å². The van der Waals surface area contributed by atoms with Crippen LogP contribution in [0.25, 0.3) is 10.8 Å². The van der Waals surface area contributed by atoms with E-state index in [0.29, 0.717) is 16.9 Å². The Bertz CT molecular complexity index is 752.